The lowest BCUT2D eigenvalue weighted by molar-refractivity contribution is -0.139. The first-order valence-electron chi connectivity index (χ1n) is 10.3. The van der Waals surface area contributed by atoms with Crippen LogP contribution in [0.2, 0.25) is 0 Å². The van der Waals surface area contributed by atoms with Crippen LogP contribution in [0, 0.1) is 11.8 Å². The molecule has 4 nitrogen and oxygen atoms in total. The summed E-state index contributed by atoms with van der Waals surface area (Å²) in [4.78, 5) is 17.6. The molecule has 1 aromatic rings. The topological polar surface area (TPSA) is 32.8 Å². The maximum atomic E-state index is 12.9. The van der Waals surface area contributed by atoms with Crippen molar-refractivity contribution in [2.24, 2.45) is 11.8 Å². The summed E-state index contributed by atoms with van der Waals surface area (Å²) < 4.78 is 5.32. The highest BCUT2D eigenvalue weighted by Gasteiger charge is 2.30. The van der Waals surface area contributed by atoms with E-state index in [2.05, 4.69) is 34.9 Å². The molecule has 2 saturated heterocycles. The van der Waals surface area contributed by atoms with Crippen molar-refractivity contribution < 1.29 is 9.53 Å². The molecule has 0 unspecified atom stereocenters. The van der Waals surface area contributed by atoms with E-state index in [4.69, 9.17) is 4.74 Å². The van der Waals surface area contributed by atoms with Crippen LogP contribution in [0.3, 0.4) is 0 Å². The zero-order valence-electron chi connectivity index (χ0n) is 16.5. The molecule has 2 fully saturated rings. The van der Waals surface area contributed by atoms with Gasteiger partial charge >= 0.3 is 0 Å². The molecule has 0 spiro atoms. The number of amides is 1. The summed E-state index contributed by atoms with van der Waals surface area (Å²) in [6.45, 7) is 7.40. The smallest absolute Gasteiger partial charge is 0.225 e. The summed E-state index contributed by atoms with van der Waals surface area (Å²) >= 11 is 0. The first-order valence-corrected chi connectivity index (χ1v) is 10.3. The predicted octanol–water partition coefficient (Wildman–Crippen LogP) is 3.60. The molecule has 4 heteroatoms. The third kappa shape index (κ3) is 5.00. The number of aryl methyl sites for hydroxylation is 1. The van der Waals surface area contributed by atoms with E-state index < -0.39 is 0 Å². The minimum Gasteiger partial charge on any atom is -0.497 e. The third-order valence-electron chi connectivity index (χ3n) is 6.19. The van der Waals surface area contributed by atoms with Gasteiger partial charge in [-0.25, -0.2) is 0 Å². The molecule has 0 bridgehead atoms. The van der Waals surface area contributed by atoms with Gasteiger partial charge in [0.15, 0.2) is 0 Å². The molecule has 1 amide bonds. The largest absolute Gasteiger partial charge is 0.497 e. The van der Waals surface area contributed by atoms with Crippen molar-refractivity contribution in [3.63, 3.8) is 0 Å². The summed E-state index contributed by atoms with van der Waals surface area (Å²) in [5.74, 6) is 2.25. The number of rotatable bonds is 6. The lowest BCUT2D eigenvalue weighted by Gasteiger charge is -2.37. The molecule has 0 aliphatic carbocycles. The maximum Gasteiger partial charge on any atom is 0.225 e. The van der Waals surface area contributed by atoms with Crippen LogP contribution in [-0.2, 0) is 11.2 Å². The minimum atomic E-state index is 0.259. The number of carbonyl (C=O) groups excluding carboxylic acids is 1. The van der Waals surface area contributed by atoms with Gasteiger partial charge in [0.05, 0.1) is 7.11 Å². The first kappa shape index (κ1) is 19.2. The van der Waals surface area contributed by atoms with Crippen LogP contribution in [0.4, 0.5) is 0 Å². The molecule has 26 heavy (non-hydrogen) atoms. The molecule has 3 rings (SSSR count). The molecule has 2 aliphatic heterocycles. The molecule has 1 aromatic carbocycles. The number of hydrogen-bond acceptors (Lipinski definition) is 3. The van der Waals surface area contributed by atoms with Crippen LogP contribution in [0.5, 0.6) is 5.75 Å². The maximum absolute atomic E-state index is 12.9. The van der Waals surface area contributed by atoms with Crippen LogP contribution in [0.1, 0.15) is 44.6 Å². The highest BCUT2D eigenvalue weighted by molar-refractivity contribution is 5.79. The van der Waals surface area contributed by atoms with E-state index >= 15 is 0 Å². The quantitative estimate of drug-likeness (QED) is 0.779. The third-order valence-corrected chi connectivity index (χ3v) is 6.19. The van der Waals surface area contributed by atoms with Gasteiger partial charge < -0.3 is 14.5 Å². The Bertz CT molecular complexity index is 581. The summed E-state index contributed by atoms with van der Waals surface area (Å²) in [7, 11) is 1.72. The Morgan fingerprint density at radius 3 is 2.73 bits per heavy atom. The number of ether oxygens (including phenoxy) is 1. The number of nitrogens with zero attached hydrogens (tertiary/aromatic N) is 2. The monoisotopic (exact) mass is 358 g/mol. The van der Waals surface area contributed by atoms with Crippen molar-refractivity contribution in [1.82, 2.24) is 9.80 Å². The van der Waals surface area contributed by atoms with Gasteiger partial charge in [0.25, 0.3) is 0 Å². The highest BCUT2D eigenvalue weighted by atomic mass is 16.5. The summed E-state index contributed by atoms with van der Waals surface area (Å²) in [6.07, 6.45) is 6.71. The van der Waals surface area contributed by atoms with Crippen LogP contribution in [0.15, 0.2) is 24.3 Å². The lowest BCUT2D eigenvalue weighted by atomic mass is 9.89. The van der Waals surface area contributed by atoms with Gasteiger partial charge in [0.2, 0.25) is 5.91 Å². The van der Waals surface area contributed by atoms with Gasteiger partial charge in [-0.3, -0.25) is 4.79 Å². The number of hydrogen-bond donors (Lipinski definition) is 0. The summed E-state index contributed by atoms with van der Waals surface area (Å²) in [5.41, 5.74) is 1.33. The SMILES string of the molecule is CCN1CCC(C(=O)N2CCC[C@@H](CCc3cccc(OC)c3)C2)CC1. The van der Waals surface area contributed by atoms with Crippen molar-refractivity contribution in [2.45, 2.75) is 45.4 Å². The Hall–Kier alpha value is -1.55. The fourth-order valence-electron chi connectivity index (χ4n) is 4.45. The van der Waals surface area contributed by atoms with Gasteiger partial charge in [-0.1, -0.05) is 19.1 Å². The molecular formula is C22H34N2O2. The normalized spacial score (nSPS) is 22.4. The fraction of sp³-hybridized carbons (Fsp3) is 0.682. The van der Waals surface area contributed by atoms with Gasteiger partial charge in [-0.2, -0.15) is 0 Å². The average Bonchev–Trinajstić information content (AvgIpc) is 2.72. The van der Waals surface area contributed by atoms with Crippen molar-refractivity contribution in [2.75, 3.05) is 39.8 Å². The number of carbonyl (C=O) groups is 1. The molecule has 0 N–H and O–H groups in total. The standard InChI is InChI=1S/C22H34N2O2/c1-3-23-14-11-20(12-15-23)22(25)24-13-5-7-19(17-24)10-9-18-6-4-8-21(16-18)26-2/h4,6,8,16,19-20H,3,5,7,9-15,17H2,1-2H3/t19-/m0/s1. The fourth-order valence-corrected chi connectivity index (χ4v) is 4.45. The Kier molecular flexibility index (Phi) is 6.95. The van der Waals surface area contributed by atoms with E-state index in [0.717, 1.165) is 70.6 Å². The Morgan fingerprint density at radius 2 is 2.00 bits per heavy atom. The summed E-state index contributed by atoms with van der Waals surface area (Å²) in [6, 6.07) is 8.37. The molecule has 0 radical (unpaired) electrons. The Labute approximate surface area is 158 Å². The Balaban J connectivity index is 1.48. The van der Waals surface area contributed by atoms with Gasteiger partial charge in [-0.15, -0.1) is 0 Å². The second-order valence-corrected chi connectivity index (χ2v) is 7.89. The lowest BCUT2D eigenvalue weighted by Crippen LogP contribution is -2.46. The van der Waals surface area contributed by atoms with E-state index in [1.807, 2.05) is 6.07 Å². The van der Waals surface area contributed by atoms with Crippen LogP contribution < -0.4 is 4.74 Å². The molecule has 144 valence electrons. The van der Waals surface area contributed by atoms with Crippen molar-refractivity contribution >= 4 is 5.91 Å². The molecular weight excluding hydrogens is 324 g/mol. The molecule has 2 aliphatic rings. The zero-order chi connectivity index (χ0) is 18.4. The average molecular weight is 359 g/mol. The van der Waals surface area contributed by atoms with E-state index in [9.17, 15) is 4.79 Å². The summed E-state index contributed by atoms with van der Waals surface area (Å²) in [5, 5.41) is 0. The second-order valence-electron chi connectivity index (χ2n) is 7.89. The van der Waals surface area contributed by atoms with Crippen molar-refractivity contribution in [1.29, 1.82) is 0 Å². The van der Waals surface area contributed by atoms with E-state index in [0.29, 0.717) is 11.8 Å². The minimum absolute atomic E-state index is 0.259. The predicted molar refractivity (Wildman–Crippen MR) is 105 cm³/mol. The van der Waals surface area contributed by atoms with Crippen LogP contribution in [-0.4, -0.2) is 55.5 Å². The first-order chi connectivity index (χ1) is 12.7. The van der Waals surface area contributed by atoms with Gasteiger partial charge in [0.1, 0.15) is 5.75 Å². The zero-order valence-corrected chi connectivity index (χ0v) is 16.5. The molecule has 0 aromatic heterocycles. The number of piperidine rings is 2. The van der Waals surface area contributed by atoms with E-state index in [-0.39, 0.29) is 5.92 Å². The number of likely N-dealkylation sites (tertiary alicyclic amines) is 2. The second kappa shape index (κ2) is 9.40. The van der Waals surface area contributed by atoms with Crippen LogP contribution >= 0.6 is 0 Å². The molecule has 1 atom stereocenters. The highest BCUT2D eigenvalue weighted by Crippen LogP contribution is 2.26. The molecule has 0 saturated carbocycles. The van der Waals surface area contributed by atoms with Crippen molar-refractivity contribution in [3.05, 3.63) is 29.8 Å². The van der Waals surface area contributed by atoms with Crippen molar-refractivity contribution in [3.8, 4) is 5.75 Å². The van der Waals surface area contributed by atoms with Gasteiger partial charge in [0, 0.05) is 19.0 Å². The Morgan fingerprint density at radius 1 is 1.19 bits per heavy atom. The molecule has 2 heterocycles. The van der Waals surface area contributed by atoms with E-state index in [1.165, 1.54) is 12.0 Å². The van der Waals surface area contributed by atoms with E-state index in [1.54, 1.807) is 7.11 Å². The number of methoxy groups -OCH3 is 1. The van der Waals surface area contributed by atoms with Gasteiger partial charge in [-0.05, 0) is 81.8 Å². The van der Waals surface area contributed by atoms with Crippen LogP contribution in [0.25, 0.3) is 0 Å². The number of benzene rings is 1.